The molecular formula is C9H7BrN2O. The lowest BCUT2D eigenvalue weighted by Gasteiger charge is -1.99. The Labute approximate surface area is 82.9 Å². The van der Waals surface area contributed by atoms with Crippen molar-refractivity contribution in [2.75, 3.05) is 0 Å². The Hall–Kier alpha value is -1.16. The van der Waals surface area contributed by atoms with Gasteiger partial charge in [-0.1, -0.05) is 6.07 Å². The minimum atomic E-state index is -0.329. The molecule has 2 aromatic rings. The zero-order valence-corrected chi connectivity index (χ0v) is 8.55. The Morgan fingerprint density at radius 1 is 1.46 bits per heavy atom. The average molecular weight is 239 g/mol. The molecule has 0 fully saturated rings. The summed E-state index contributed by atoms with van der Waals surface area (Å²) < 4.78 is 0.683. The average Bonchev–Trinajstić information content (AvgIpc) is 2.02. The molecule has 0 radical (unpaired) electrons. The summed E-state index contributed by atoms with van der Waals surface area (Å²) in [4.78, 5) is 17.5. The summed E-state index contributed by atoms with van der Waals surface area (Å²) in [5.41, 5.74) is 1.48. The van der Waals surface area contributed by atoms with Gasteiger partial charge in [0.1, 0.15) is 0 Å². The highest BCUT2D eigenvalue weighted by molar-refractivity contribution is 9.10. The third-order valence-corrected chi connectivity index (χ3v) is 2.45. The first-order chi connectivity index (χ1) is 6.16. The number of benzene rings is 1. The first-order valence-electron chi connectivity index (χ1n) is 3.83. The van der Waals surface area contributed by atoms with E-state index in [9.17, 15) is 4.79 Å². The van der Waals surface area contributed by atoms with Crippen LogP contribution in [0.1, 0.15) is 5.56 Å². The van der Waals surface area contributed by atoms with Crippen molar-refractivity contribution in [1.29, 1.82) is 0 Å². The predicted octanol–water partition coefficient (Wildman–Crippen LogP) is 1.99. The van der Waals surface area contributed by atoms with E-state index in [4.69, 9.17) is 0 Å². The van der Waals surface area contributed by atoms with E-state index in [2.05, 4.69) is 25.9 Å². The molecule has 4 heteroatoms. The number of aryl methyl sites for hydroxylation is 1. The summed E-state index contributed by atoms with van der Waals surface area (Å²) in [6.07, 6.45) is 0. The largest absolute Gasteiger partial charge is 0.346 e. The second-order valence-electron chi connectivity index (χ2n) is 2.88. The smallest absolute Gasteiger partial charge is 0.299 e. The van der Waals surface area contributed by atoms with Crippen LogP contribution in [-0.2, 0) is 0 Å². The van der Waals surface area contributed by atoms with Gasteiger partial charge < -0.3 is 0 Å². The summed E-state index contributed by atoms with van der Waals surface area (Å²) >= 11 is 3.28. The number of H-pyrrole nitrogens is 1. The van der Waals surface area contributed by atoms with Crippen LogP contribution in [0.25, 0.3) is 10.9 Å². The lowest BCUT2D eigenvalue weighted by Crippen LogP contribution is -2.09. The molecule has 0 aliphatic carbocycles. The Balaban J connectivity index is 2.94. The molecule has 1 heterocycles. The number of fused-ring (bicyclic) bond motifs is 1. The van der Waals surface area contributed by atoms with E-state index in [0.29, 0.717) is 4.60 Å². The number of rotatable bonds is 0. The molecule has 0 aliphatic heterocycles. The molecule has 0 atom stereocenters. The quantitative estimate of drug-likeness (QED) is 0.714. The summed E-state index contributed by atoms with van der Waals surface area (Å²) in [6.45, 7) is 1.97. The van der Waals surface area contributed by atoms with Gasteiger partial charge in [-0.15, -0.1) is 0 Å². The molecule has 0 amide bonds. The molecule has 0 saturated heterocycles. The second-order valence-corrected chi connectivity index (χ2v) is 3.67. The van der Waals surface area contributed by atoms with Crippen LogP contribution in [0.4, 0.5) is 0 Å². The Morgan fingerprint density at radius 3 is 3.00 bits per heavy atom. The van der Waals surface area contributed by atoms with E-state index >= 15 is 0 Å². The van der Waals surface area contributed by atoms with Gasteiger partial charge in [-0.05, 0) is 40.5 Å². The van der Waals surface area contributed by atoms with Crippen LogP contribution in [0, 0.1) is 6.92 Å². The SMILES string of the molecule is Cc1ccc2c(Br)[nH]c(=O)nc2c1. The molecule has 66 valence electrons. The van der Waals surface area contributed by atoms with Crippen molar-refractivity contribution in [2.24, 2.45) is 0 Å². The normalized spacial score (nSPS) is 10.6. The molecular weight excluding hydrogens is 232 g/mol. The fraction of sp³-hybridized carbons (Fsp3) is 0.111. The highest BCUT2D eigenvalue weighted by Gasteiger charge is 2.00. The lowest BCUT2D eigenvalue weighted by atomic mass is 10.2. The van der Waals surface area contributed by atoms with Crippen LogP contribution in [0.5, 0.6) is 0 Å². The number of aromatic amines is 1. The fourth-order valence-electron chi connectivity index (χ4n) is 1.22. The zero-order valence-electron chi connectivity index (χ0n) is 6.97. The lowest BCUT2D eigenvalue weighted by molar-refractivity contribution is 1.10. The molecule has 0 unspecified atom stereocenters. The van der Waals surface area contributed by atoms with Crippen LogP contribution in [-0.4, -0.2) is 9.97 Å². The van der Waals surface area contributed by atoms with Crippen LogP contribution >= 0.6 is 15.9 Å². The van der Waals surface area contributed by atoms with Crippen molar-refractivity contribution >= 4 is 26.8 Å². The van der Waals surface area contributed by atoms with Gasteiger partial charge in [-0.2, -0.15) is 4.98 Å². The van der Waals surface area contributed by atoms with Crippen LogP contribution in [0.3, 0.4) is 0 Å². The monoisotopic (exact) mass is 238 g/mol. The van der Waals surface area contributed by atoms with E-state index in [0.717, 1.165) is 16.5 Å². The summed E-state index contributed by atoms with van der Waals surface area (Å²) in [7, 11) is 0. The van der Waals surface area contributed by atoms with Crippen molar-refractivity contribution in [3.8, 4) is 0 Å². The number of aromatic nitrogens is 2. The zero-order chi connectivity index (χ0) is 9.42. The maximum atomic E-state index is 11.0. The van der Waals surface area contributed by atoms with Crippen molar-refractivity contribution < 1.29 is 0 Å². The highest BCUT2D eigenvalue weighted by Crippen LogP contribution is 2.18. The van der Waals surface area contributed by atoms with Gasteiger partial charge >= 0.3 is 5.69 Å². The van der Waals surface area contributed by atoms with E-state index in [-0.39, 0.29) is 5.69 Å². The molecule has 0 aliphatic rings. The Kier molecular flexibility index (Phi) is 1.92. The van der Waals surface area contributed by atoms with Gasteiger partial charge in [0.2, 0.25) is 0 Å². The maximum Gasteiger partial charge on any atom is 0.346 e. The molecule has 0 spiro atoms. The van der Waals surface area contributed by atoms with Crippen molar-refractivity contribution in [2.45, 2.75) is 6.92 Å². The van der Waals surface area contributed by atoms with E-state index in [1.807, 2.05) is 25.1 Å². The molecule has 13 heavy (non-hydrogen) atoms. The molecule has 1 N–H and O–H groups in total. The van der Waals surface area contributed by atoms with Gasteiger partial charge in [-0.25, -0.2) is 4.79 Å². The summed E-state index contributed by atoms with van der Waals surface area (Å²) in [5, 5.41) is 0.921. The first kappa shape index (κ1) is 8.44. The second kappa shape index (κ2) is 2.96. The maximum absolute atomic E-state index is 11.0. The van der Waals surface area contributed by atoms with E-state index in [1.165, 1.54) is 0 Å². The fourth-order valence-corrected chi connectivity index (χ4v) is 1.72. The number of halogens is 1. The van der Waals surface area contributed by atoms with Crippen molar-refractivity contribution in [1.82, 2.24) is 9.97 Å². The molecule has 1 aromatic heterocycles. The third kappa shape index (κ3) is 1.49. The topological polar surface area (TPSA) is 45.8 Å². The number of nitrogens with one attached hydrogen (secondary N) is 1. The van der Waals surface area contributed by atoms with Gasteiger partial charge in [-0.3, -0.25) is 4.98 Å². The minimum Gasteiger partial charge on any atom is -0.299 e. The number of hydrogen-bond acceptors (Lipinski definition) is 2. The number of nitrogens with zero attached hydrogens (tertiary/aromatic N) is 1. The van der Waals surface area contributed by atoms with E-state index in [1.54, 1.807) is 0 Å². The molecule has 0 bridgehead atoms. The Morgan fingerprint density at radius 2 is 2.23 bits per heavy atom. The van der Waals surface area contributed by atoms with Crippen molar-refractivity contribution in [3.63, 3.8) is 0 Å². The van der Waals surface area contributed by atoms with Gasteiger partial charge in [0.15, 0.2) is 0 Å². The molecule has 3 nitrogen and oxygen atoms in total. The number of hydrogen-bond donors (Lipinski definition) is 1. The Bertz CT molecular complexity index is 518. The summed E-state index contributed by atoms with van der Waals surface area (Å²) in [6, 6.07) is 5.79. The van der Waals surface area contributed by atoms with Crippen LogP contribution < -0.4 is 5.69 Å². The first-order valence-corrected chi connectivity index (χ1v) is 4.62. The van der Waals surface area contributed by atoms with Gasteiger partial charge in [0, 0.05) is 5.39 Å². The standard InChI is InChI=1S/C9H7BrN2O/c1-5-2-3-6-7(4-5)11-9(13)12-8(6)10/h2-4H,1H3,(H,11,12,13). The molecule has 0 saturated carbocycles. The third-order valence-electron chi connectivity index (χ3n) is 1.83. The van der Waals surface area contributed by atoms with Crippen LogP contribution in [0.2, 0.25) is 0 Å². The highest BCUT2D eigenvalue weighted by atomic mass is 79.9. The van der Waals surface area contributed by atoms with Gasteiger partial charge in [0.05, 0.1) is 10.1 Å². The van der Waals surface area contributed by atoms with Crippen molar-refractivity contribution in [3.05, 3.63) is 38.9 Å². The molecule has 1 aromatic carbocycles. The van der Waals surface area contributed by atoms with Gasteiger partial charge in [0.25, 0.3) is 0 Å². The minimum absolute atomic E-state index is 0.329. The van der Waals surface area contributed by atoms with E-state index < -0.39 is 0 Å². The summed E-state index contributed by atoms with van der Waals surface area (Å²) in [5.74, 6) is 0. The predicted molar refractivity (Wildman–Crippen MR) is 54.8 cm³/mol. The van der Waals surface area contributed by atoms with Crippen LogP contribution in [0.15, 0.2) is 27.6 Å². The molecule has 2 rings (SSSR count).